The Bertz CT molecular complexity index is 912. The minimum Gasteiger partial charge on any atom is -0.295 e. The molecule has 0 atom stereocenters. The summed E-state index contributed by atoms with van der Waals surface area (Å²) in [6.07, 6.45) is 0.211. The minimum atomic E-state index is 0.211. The van der Waals surface area contributed by atoms with Gasteiger partial charge >= 0.3 is 0 Å². The first-order valence-electron chi connectivity index (χ1n) is 6.27. The van der Waals surface area contributed by atoms with Crippen LogP contribution in [-0.4, -0.2) is 9.55 Å². The summed E-state index contributed by atoms with van der Waals surface area (Å²) in [5, 5.41) is 18.1. The first-order valence-corrected chi connectivity index (χ1v) is 7.06. The fourth-order valence-corrected chi connectivity index (χ4v) is 2.80. The lowest BCUT2D eigenvalue weighted by Gasteiger charge is -2.09. The van der Waals surface area contributed by atoms with Gasteiger partial charge in [0.15, 0.2) is 0 Å². The van der Waals surface area contributed by atoms with Crippen LogP contribution in [0.15, 0.2) is 46.9 Å². The Labute approximate surface area is 130 Å². The number of rotatable bonds is 2. The van der Waals surface area contributed by atoms with Crippen molar-refractivity contribution in [3.8, 4) is 17.8 Å². The lowest BCUT2D eigenvalue weighted by atomic mass is 10.2. The summed E-state index contributed by atoms with van der Waals surface area (Å²) in [6.45, 7) is 0. The molecule has 0 aliphatic carbocycles. The van der Waals surface area contributed by atoms with Gasteiger partial charge in [-0.2, -0.15) is 10.5 Å². The predicted molar refractivity (Wildman–Crippen MR) is 82.8 cm³/mol. The Hall–Kier alpha value is -2.63. The Morgan fingerprint density at radius 1 is 1.14 bits per heavy atom. The molecule has 0 aliphatic heterocycles. The van der Waals surface area contributed by atoms with Gasteiger partial charge in [0.1, 0.15) is 5.82 Å². The van der Waals surface area contributed by atoms with Crippen molar-refractivity contribution in [1.82, 2.24) is 9.55 Å². The number of nitrogens with zero attached hydrogens (tertiary/aromatic N) is 4. The predicted octanol–water partition coefficient (Wildman–Crippen LogP) is 3.73. The molecule has 0 bridgehead atoms. The number of aromatic nitrogens is 2. The average Bonchev–Trinajstić information content (AvgIpc) is 2.85. The summed E-state index contributed by atoms with van der Waals surface area (Å²) in [5.74, 6) is 0.667. The largest absolute Gasteiger partial charge is 0.295 e. The van der Waals surface area contributed by atoms with Crippen molar-refractivity contribution < 1.29 is 0 Å². The van der Waals surface area contributed by atoms with Gasteiger partial charge in [0.05, 0.1) is 35.2 Å². The van der Waals surface area contributed by atoms with Crippen molar-refractivity contribution in [1.29, 1.82) is 10.5 Å². The van der Waals surface area contributed by atoms with E-state index < -0.39 is 0 Å². The van der Waals surface area contributed by atoms with Crippen molar-refractivity contribution in [3.05, 3.63) is 58.3 Å². The second kappa shape index (κ2) is 5.40. The van der Waals surface area contributed by atoms with Crippen molar-refractivity contribution >= 4 is 27.0 Å². The zero-order valence-electron chi connectivity index (χ0n) is 10.9. The zero-order chi connectivity index (χ0) is 14.8. The van der Waals surface area contributed by atoms with Gasteiger partial charge in [-0.05, 0) is 30.3 Å². The van der Waals surface area contributed by atoms with Crippen molar-refractivity contribution in [2.24, 2.45) is 0 Å². The van der Waals surface area contributed by atoms with Crippen LogP contribution >= 0.6 is 15.9 Å². The van der Waals surface area contributed by atoms with Crippen molar-refractivity contribution in [2.45, 2.75) is 6.42 Å². The summed E-state index contributed by atoms with van der Waals surface area (Å²) < 4.78 is 2.74. The van der Waals surface area contributed by atoms with E-state index in [-0.39, 0.29) is 6.42 Å². The van der Waals surface area contributed by atoms with E-state index in [1.54, 1.807) is 12.1 Å². The van der Waals surface area contributed by atoms with E-state index >= 15 is 0 Å². The topological polar surface area (TPSA) is 65.4 Å². The number of para-hydroxylation sites is 2. The molecule has 0 saturated carbocycles. The van der Waals surface area contributed by atoms with E-state index in [2.05, 4.69) is 33.1 Å². The summed E-state index contributed by atoms with van der Waals surface area (Å²) >= 11 is 3.42. The zero-order valence-corrected chi connectivity index (χ0v) is 12.5. The molecule has 0 spiro atoms. The lowest BCUT2D eigenvalue weighted by Crippen LogP contribution is -2.01. The van der Waals surface area contributed by atoms with Gasteiger partial charge < -0.3 is 0 Å². The monoisotopic (exact) mass is 336 g/mol. The van der Waals surface area contributed by atoms with Gasteiger partial charge in [-0.1, -0.05) is 28.1 Å². The molecule has 0 amide bonds. The Balaban J connectivity index is 2.33. The highest BCUT2D eigenvalue weighted by molar-refractivity contribution is 9.10. The second-order valence-corrected chi connectivity index (χ2v) is 5.41. The van der Waals surface area contributed by atoms with Crippen LogP contribution in [0.4, 0.5) is 0 Å². The van der Waals surface area contributed by atoms with Crippen molar-refractivity contribution in [3.63, 3.8) is 0 Å². The highest BCUT2D eigenvalue weighted by Crippen LogP contribution is 2.25. The number of halogens is 1. The maximum Gasteiger partial charge on any atom is 0.128 e. The summed E-state index contributed by atoms with van der Waals surface area (Å²) in [5.41, 5.74) is 3.13. The second-order valence-electron chi connectivity index (χ2n) is 4.50. The van der Waals surface area contributed by atoms with E-state index in [4.69, 9.17) is 10.5 Å². The van der Waals surface area contributed by atoms with E-state index in [0.29, 0.717) is 11.4 Å². The van der Waals surface area contributed by atoms with Crippen LogP contribution in [-0.2, 0) is 6.42 Å². The maximum absolute atomic E-state index is 9.12. The highest BCUT2D eigenvalue weighted by Gasteiger charge is 2.13. The molecule has 0 unspecified atom stereocenters. The molecule has 2 aromatic carbocycles. The third-order valence-electron chi connectivity index (χ3n) is 3.14. The molecule has 1 aromatic heterocycles. The van der Waals surface area contributed by atoms with Crippen LogP contribution in [0.5, 0.6) is 0 Å². The van der Waals surface area contributed by atoms with Crippen LogP contribution in [0.25, 0.3) is 16.7 Å². The SMILES string of the molecule is N#CCc1nc2ccccc2n1-c1cc(Br)cc(C#N)c1. The summed E-state index contributed by atoms with van der Waals surface area (Å²) in [4.78, 5) is 4.51. The minimum absolute atomic E-state index is 0.211. The van der Waals surface area contributed by atoms with Gasteiger partial charge in [0.25, 0.3) is 0 Å². The smallest absolute Gasteiger partial charge is 0.128 e. The fourth-order valence-electron chi connectivity index (χ4n) is 2.32. The van der Waals surface area contributed by atoms with Crippen LogP contribution < -0.4 is 0 Å². The molecule has 3 aromatic rings. The number of hydrogen-bond donors (Lipinski definition) is 0. The highest BCUT2D eigenvalue weighted by atomic mass is 79.9. The molecule has 0 aliphatic rings. The third-order valence-corrected chi connectivity index (χ3v) is 3.60. The number of fused-ring (bicyclic) bond motifs is 1. The Morgan fingerprint density at radius 3 is 2.71 bits per heavy atom. The molecule has 4 nitrogen and oxygen atoms in total. The molecule has 21 heavy (non-hydrogen) atoms. The number of hydrogen-bond acceptors (Lipinski definition) is 3. The van der Waals surface area contributed by atoms with Crippen molar-refractivity contribution in [2.75, 3.05) is 0 Å². The van der Waals surface area contributed by atoms with E-state index in [1.165, 1.54) is 0 Å². The first kappa shape index (κ1) is 13.4. The van der Waals surface area contributed by atoms with Gasteiger partial charge in [0, 0.05) is 10.2 Å². The van der Waals surface area contributed by atoms with Crippen LogP contribution in [0, 0.1) is 22.7 Å². The molecule has 0 fully saturated rings. The number of imidazole rings is 1. The van der Waals surface area contributed by atoms with Crippen LogP contribution in [0.3, 0.4) is 0 Å². The normalized spacial score (nSPS) is 10.2. The van der Waals surface area contributed by atoms with Gasteiger partial charge in [0.2, 0.25) is 0 Å². The molecule has 0 N–H and O–H groups in total. The van der Waals surface area contributed by atoms with Crippen LogP contribution in [0.1, 0.15) is 11.4 Å². The number of nitriles is 2. The fraction of sp³-hybridized carbons (Fsp3) is 0.0625. The quantitative estimate of drug-likeness (QED) is 0.716. The molecular formula is C16H9BrN4. The third kappa shape index (κ3) is 2.40. The molecule has 100 valence electrons. The van der Waals surface area contributed by atoms with Gasteiger partial charge in [-0.25, -0.2) is 4.98 Å². The average molecular weight is 337 g/mol. The molecule has 1 heterocycles. The Kier molecular flexibility index (Phi) is 3.43. The van der Waals surface area contributed by atoms with E-state index in [9.17, 15) is 0 Å². The van der Waals surface area contributed by atoms with Gasteiger partial charge in [-0.3, -0.25) is 4.57 Å². The maximum atomic E-state index is 9.12. The first-order chi connectivity index (χ1) is 10.2. The summed E-state index contributed by atoms with van der Waals surface area (Å²) in [7, 11) is 0. The molecule has 0 radical (unpaired) electrons. The van der Waals surface area contributed by atoms with E-state index in [0.717, 1.165) is 21.2 Å². The van der Waals surface area contributed by atoms with Gasteiger partial charge in [-0.15, -0.1) is 0 Å². The number of benzene rings is 2. The Morgan fingerprint density at radius 2 is 1.95 bits per heavy atom. The summed E-state index contributed by atoms with van der Waals surface area (Å²) in [6, 6.07) is 17.5. The lowest BCUT2D eigenvalue weighted by molar-refractivity contribution is 0.953. The molecule has 0 saturated heterocycles. The molecule has 3 rings (SSSR count). The molecular weight excluding hydrogens is 328 g/mol. The van der Waals surface area contributed by atoms with E-state index in [1.807, 2.05) is 34.9 Å². The van der Waals surface area contributed by atoms with Crippen LogP contribution in [0.2, 0.25) is 0 Å². The molecule has 5 heteroatoms. The standard InChI is InChI=1S/C16H9BrN4/c17-12-7-11(10-19)8-13(9-12)21-15-4-2-1-3-14(15)20-16(21)5-6-18/h1-4,7-9H,5H2.